The first-order valence-electron chi connectivity index (χ1n) is 8.14. The lowest BCUT2D eigenvalue weighted by atomic mass is 10.2. The van der Waals surface area contributed by atoms with Crippen LogP contribution in [0.25, 0.3) is 21.1 Å². The van der Waals surface area contributed by atoms with Gasteiger partial charge in [-0.05, 0) is 30.3 Å². The van der Waals surface area contributed by atoms with E-state index in [9.17, 15) is 4.79 Å². The van der Waals surface area contributed by atoms with Gasteiger partial charge in [0.15, 0.2) is 5.13 Å². The van der Waals surface area contributed by atoms with Crippen LogP contribution in [0.1, 0.15) is 5.56 Å². The van der Waals surface area contributed by atoms with E-state index < -0.39 is 0 Å². The van der Waals surface area contributed by atoms with E-state index in [1.54, 1.807) is 6.20 Å². The van der Waals surface area contributed by atoms with E-state index in [0.717, 1.165) is 39.0 Å². The van der Waals surface area contributed by atoms with E-state index in [2.05, 4.69) is 36.7 Å². The van der Waals surface area contributed by atoms with Gasteiger partial charge in [0.2, 0.25) is 5.91 Å². The highest BCUT2D eigenvalue weighted by molar-refractivity contribution is 7.22. The van der Waals surface area contributed by atoms with Crippen molar-refractivity contribution in [2.24, 2.45) is 0 Å². The number of nitrogens with one attached hydrogen (secondary N) is 5. The molecule has 26 heavy (non-hydrogen) atoms. The van der Waals surface area contributed by atoms with Crippen LogP contribution in [0.3, 0.4) is 0 Å². The smallest absolute Gasteiger partial charge is 0.245 e. The molecule has 2 aromatic carbocycles. The second-order valence-electron chi connectivity index (χ2n) is 6.01. The summed E-state index contributed by atoms with van der Waals surface area (Å²) in [6, 6.07) is 9.76. The second kappa shape index (κ2) is 5.97. The molecule has 0 aliphatic carbocycles. The van der Waals surface area contributed by atoms with Crippen molar-refractivity contribution in [3.05, 3.63) is 42.1 Å². The molecule has 0 spiro atoms. The van der Waals surface area contributed by atoms with E-state index in [1.807, 2.05) is 30.3 Å². The topological polar surface area (TPSA) is 107 Å². The quantitative estimate of drug-likeness (QED) is 0.381. The molecular formula is C17H15N7OS. The molecule has 5 rings (SSSR count). The molecule has 0 saturated carbocycles. The zero-order chi connectivity index (χ0) is 17.5. The number of thiazole rings is 1. The Morgan fingerprint density at radius 2 is 2.23 bits per heavy atom. The van der Waals surface area contributed by atoms with Crippen molar-refractivity contribution in [3.63, 3.8) is 0 Å². The third kappa shape index (κ3) is 2.63. The summed E-state index contributed by atoms with van der Waals surface area (Å²) < 4.78 is 1.09. The van der Waals surface area contributed by atoms with E-state index >= 15 is 0 Å². The van der Waals surface area contributed by atoms with Crippen LogP contribution >= 0.6 is 11.3 Å². The highest BCUT2D eigenvalue weighted by atomic mass is 32.1. The summed E-state index contributed by atoms with van der Waals surface area (Å²) in [7, 11) is 0. The van der Waals surface area contributed by atoms with Gasteiger partial charge in [0.25, 0.3) is 0 Å². The highest BCUT2D eigenvalue weighted by Gasteiger charge is 2.17. The van der Waals surface area contributed by atoms with Crippen LogP contribution in [0.15, 0.2) is 36.5 Å². The summed E-state index contributed by atoms with van der Waals surface area (Å²) >= 11 is 1.49. The van der Waals surface area contributed by atoms with Gasteiger partial charge in [-0.2, -0.15) is 5.10 Å². The van der Waals surface area contributed by atoms with Crippen molar-refractivity contribution in [2.45, 2.75) is 6.54 Å². The fraction of sp³-hybridized carbons (Fsp3) is 0.118. The van der Waals surface area contributed by atoms with Crippen molar-refractivity contribution in [2.75, 3.05) is 22.6 Å². The maximum atomic E-state index is 12.3. The molecule has 0 bridgehead atoms. The monoisotopic (exact) mass is 365 g/mol. The molecule has 0 radical (unpaired) electrons. The van der Waals surface area contributed by atoms with Gasteiger partial charge in [0.05, 0.1) is 34.2 Å². The first-order valence-corrected chi connectivity index (χ1v) is 8.96. The molecule has 130 valence electrons. The van der Waals surface area contributed by atoms with Crippen molar-refractivity contribution in [3.8, 4) is 0 Å². The molecule has 0 fully saturated rings. The largest absolute Gasteiger partial charge is 0.376 e. The molecule has 8 nitrogen and oxygen atoms in total. The molecule has 5 N–H and O–H groups in total. The number of aromatic amines is 1. The minimum absolute atomic E-state index is 0.137. The Hall–Kier alpha value is -3.17. The number of amides is 1. The van der Waals surface area contributed by atoms with Crippen molar-refractivity contribution < 1.29 is 4.79 Å². The lowest BCUT2D eigenvalue weighted by molar-refractivity contribution is -0.114. The number of hydrazine groups is 1. The second-order valence-corrected chi connectivity index (χ2v) is 7.01. The minimum atomic E-state index is -0.137. The van der Waals surface area contributed by atoms with Crippen molar-refractivity contribution >= 4 is 54.9 Å². The first-order chi connectivity index (χ1) is 12.8. The Morgan fingerprint density at radius 1 is 1.27 bits per heavy atom. The lowest BCUT2D eigenvalue weighted by Crippen LogP contribution is -2.21. The average Bonchev–Trinajstić information content (AvgIpc) is 3.36. The molecule has 2 aromatic heterocycles. The third-order valence-electron chi connectivity index (χ3n) is 4.29. The van der Waals surface area contributed by atoms with Crippen LogP contribution in [0.2, 0.25) is 0 Å². The number of fused-ring (bicyclic) bond motifs is 4. The summed E-state index contributed by atoms with van der Waals surface area (Å²) in [6.45, 7) is 0.913. The fourth-order valence-electron chi connectivity index (χ4n) is 3.01. The minimum Gasteiger partial charge on any atom is -0.376 e. The molecular weight excluding hydrogens is 350 g/mol. The Kier molecular flexibility index (Phi) is 3.47. The predicted molar refractivity (Wildman–Crippen MR) is 103 cm³/mol. The van der Waals surface area contributed by atoms with Crippen LogP contribution in [0.5, 0.6) is 0 Å². The summed E-state index contributed by atoms with van der Waals surface area (Å²) in [5, 5.41) is 14.5. The molecule has 1 amide bonds. The fourth-order valence-corrected chi connectivity index (χ4v) is 4.04. The van der Waals surface area contributed by atoms with Gasteiger partial charge in [-0.15, -0.1) is 0 Å². The number of H-pyrrole nitrogens is 1. The van der Waals surface area contributed by atoms with Gasteiger partial charge in [0.1, 0.15) is 0 Å². The first kappa shape index (κ1) is 15.1. The molecule has 1 aliphatic rings. The molecule has 1 aliphatic heterocycles. The van der Waals surface area contributed by atoms with Crippen LogP contribution in [0, 0.1) is 0 Å². The van der Waals surface area contributed by atoms with E-state index in [1.165, 1.54) is 16.9 Å². The van der Waals surface area contributed by atoms with Crippen LogP contribution < -0.4 is 21.5 Å². The number of hydrogen-bond donors (Lipinski definition) is 5. The summed E-state index contributed by atoms with van der Waals surface area (Å²) in [6.07, 6.45) is 1.76. The summed E-state index contributed by atoms with van der Waals surface area (Å²) in [5.74, 6) is -0.137. The van der Waals surface area contributed by atoms with Gasteiger partial charge >= 0.3 is 0 Å². The number of aromatic nitrogens is 3. The van der Waals surface area contributed by atoms with E-state index in [-0.39, 0.29) is 12.5 Å². The summed E-state index contributed by atoms with van der Waals surface area (Å²) in [4.78, 5) is 16.8. The van der Waals surface area contributed by atoms with Crippen molar-refractivity contribution in [1.29, 1.82) is 0 Å². The average molecular weight is 365 g/mol. The lowest BCUT2D eigenvalue weighted by Gasteiger charge is -2.06. The standard InChI is InChI=1S/C17H15N7OS/c25-15(8-18-10-2-1-9-6-19-24-14(9)5-10)22-17-21-13-4-3-12-11(7-20-23-12)16(13)26-17/h1-6,18,20,23H,7-8H2,(H,19,24)(H,21,22,25). The SMILES string of the molecule is O=C(CNc1ccc2cn[nH]c2c1)Nc1nc2ccc3c(c2s1)CNN3. The number of rotatable bonds is 4. The molecule has 0 saturated heterocycles. The molecule has 0 atom stereocenters. The van der Waals surface area contributed by atoms with Gasteiger partial charge < -0.3 is 16.1 Å². The van der Waals surface area contributed by atoms with Crippen LogP contribution in [-0.4, -0.2) is 27.6 Å². The number of nitrogens with zero attached hydrogens (tertiary/aromatic N) is 2. The molecule has 4 aromatic rings. The number of hydrogen-bond acceptors (Lipinski definition) is 7. The normalized spacial score (nSPS) is 12.9. The van der Waals surface area contributed by atoms with Gasteiger partial charge in [0, 0.05) is 23.2 Å². The number of carbonyl (C=O) groups is 1. The number of benzene rings is 2. The van der Waals surface area contributed by atoms with E-state index in [0.29, 0.717) is 5.13 Å². The van der Waals surface area contributed by atoms with E-state index in [4.69, 9.17) is 0 Å². The Labute approximate surface area is 152 Å². The molecule has 9 heteroatoms. The maximum absolute atomic E-state index is 12.3. The van der Waals surface area contributed by atoms with Gasteiger partial charge in [-0.3, -0.25) is 9.89 Å². The molecule has 3 heterocycles. The van der Waals surface area contributed by atoms with Crippen molar-refractivity contribution in [1.82, 2.24) is 20.6 Å². The zero-order valence-corrected chi connectivity index (χ0v) is 14.4. The third-order valence-corrected chi connectivity index (χ3v) is 5.34. The highest BCUT2D eigenvalue weighted by Crippen LogP contribution is 2.34. The van der Waals surface area contributed by atoms with Crippen LogP contribution in [0.4, 0.5) is 16.5 Å². The van der Waals surface area contributed by atoms with Crippen LogP contribution in [-0.2, 0) is 11.3 Å². The van der Waals surface area contributed by atoms with Gasteiger partial charge in [-0.1, -0.05) is 11.3 Å². The maximum Gasteiger partial charge on any atom is 0.245 e. The number of anilines is 3. The Balaban J connectivity index is 1.28. The Bertz CT molecular complexity index is 1130. The molecule has 0 unspecified atom stereocenters. The number of carbonyl (C=O) groups excluding carboxylic acids is 1. The predicted octanol–water partition coefficient (Wildman–Crippen LogP) is 2.65. The zero-order valence-electron chi connectivity index (χ0n) is 13.6. The van der Waals surface area contributed by atoms with Gasteiger partial charge in [-0.25, -0.2) is 10.4 Å². The summed E-state index contributed by atoms with van der Waals surface area (Å²) in [5.41, 5.74) is 11.2. The Morgan fingerprint density at radius 3 is 3.19 bits per heavy atom.